The second kappa shape index (κ2) is 6.76. The van der Waals surface area contributed by atoms with Crippen molar-refractivity contribution in [2.45, 2.75) is 26.4 Å². The lowest BCUT2D eigenvalue weighted by atomic mass is 10.2. The third-order valence-corrected chi connectivity index (χ3v) is 3.95. The largest absolute Gasteiger partial charge is 0.444 e. The van der Waals surface area contributed by atoms with Gasteiger partial charge < -0.3 is 9.64 Å². The number of ether oxygens (including phenoxy) is 1. The number of hydrogen-bond donors (Lipinski definition) is 0. The van der Waals surface area contributed by atoms with Crippen LogP contribution in [-0.4, -0.2) is 47.1 Å². The monoisotopic (exact) mass is 399 g/mol. The minimum atomic E-state index is -0.652. The summed E-state index contributed by atoms with van der Waals surface area (Å²) >= 11 is 3.14. The first-order chi connectivity index (χ1) is 11.1. The molecule has 2 rings (SSSR count). The highest BCUT2D eigenvalue weighted by molar-refractivity contribution is 9.10. The topological polar surface area (TPSA) is 93.0 Å². The Labute approximate surface area is 147 Å². The lowest BCUT2D eigenvalue weighted by Gasteiger charge is -2.35. The van der Waals surface area contributed by atoms with Crippen LogP contribution in [0.3, 0.4) is 0 Å². The summed E-state index contributed by atoms with van der Waals surface area (Å²) in [6, 6.07) is 4.69. The van der Waals surface area contributed by atoms with Crippen LogP contribution in [0.5, 0.6) is 0 Å². The molecule has 0 saturated carbocycles. The van der Waals surface area contributed by atoms with Crippen LogP contribution in [0.15, 0.2) is 22.7 Å². The zero-order chi connectivity index (χ0) is 18.1. The minimum absolute atomic E-state index is 0.162. The van der Waals surface area contributed by atoms with Gasteiger partial charge in [-0.15, -0.1) is 0 Å². The molecule has 0 atom stereocenters. The maximum absolute atomic E-state index is 12.4. The number of carbonyl (C=O) groups is 2. The first-order valence-electron chi connectivity index (χ1n) is 7.31. The number of amides is 2. The number of piperazine rings is 1. The van der Waals surface area contributed by atoms with E-state index in [0.717, 1.165) is 0 Å². The van der Waals surface area contributed by atoms with E-state index in [1.807, 2.05) is 0 Å². The number of nitro groups is 1. The van der Waals surface area contributed by atoms with Crippen molar-refractivity contribution in [3.8, 4) is 0 Å². The lowest BCUT2D eigenvalue weighted by molar-refractivity contribution is -0.384. The number of para-hydroxylation sites is 1. The van der Waals surface area contributed by atoms with Crippen molar-refractivity contribution in [3.05, 3.63) is 32.8 Å². The van der Waals surface area contributed by atoms with Crippen LogP contribution in [0.4, 0.5) is 16.2 Å². The number of rotatable bonds is 2. The summed E-state index contributed by atoms with van der Waals surface area (Å²) in [5.41, 5.74) is -0.611. The van der Waals surface area contributed by atoms with Crippen LogP contribution in [0.1, 0.15) is 20.8 Å². The predicted octanol–water partition coefficient (Wildman–Crippen LogP) is 2.94. The molecule has 0 unspecified atom stereocenters. The quantitative estimate of drug-likeness (QED) is 0.562. The van der Waals surface area contributed by atoms with E-state index in [1.165, 1.54) is 15.9 Å². The zero-order valence-corrected chi connectivity index (χ0v) is 15.2. The van der Waals surface area contributed by atoms with Crippen molar-refractivity contribution in [1.29, 1.82) is 0 Å². The van der Waals surface area contributed by atoms with Gasteiger partial charge in [0.1, 0.15) is 17.8 Å². The van der Waals surface area contributed by atoms with E-state index < -0.39 is 22.5 Å². The van der Waals surface area contributed by atoms with Crippen molar-refractivity contribution < 1.29 is 19.2 Å². The molecule has 1 aromatic rings. The van der Waals surface area contributed by atoms with Gasteiger partial charge in [-0.25, -0.2) is 4.79 Å². The molecule has 0 spiro atoms. The summed E-state index contributed by atoms with van der Waals surface area (Å²) in [5, 5.41) is 11.3. The first kappa shape index (κ1) is 18.2. The second-order valence-corrected chi connectivity index (χ2v) is 7.17. The van der Waals surface area contributed by atoms with E-state index >= 15 is 0 Å². The van der Waals surface area contributed by atoms with Gasteiger partial charge in [0, 0.05) is 13.1 Å². The molecule has 8 nitrogen and oxygen atoms in total. The molecule has 1 fully saturated rings. The molecule has 0 aliphatic carbocycles. The number of benzene rings is 1. The van der Waals surface area contributed by atoms with Crippen molar-refractivity contribution in [1.82, 2.24) is 4.90 Å². The van der Waals surface area contributed by atoms with Crippen LogP contribution in [0.2, 0.25) is 0 Å². The average molecular weight is 400 g/mol. The Morgan fingerprint density at radius 2 is 2.00 bits per heavy atom. The van der Waals surface area contributed by atoms with Gasteiger partial charge in [0.05, 0.1) is 9.40 Å². The van der Waals surface area contributed by atoms with Gasteiger partial charge in [-0.2, -0.15) is 0 Å². The van der Waals surface area contributed by atoms with Gasteiger partial charge in [-0.3, -0.25) is 19.8 Å². The van der Waals surface area contributed by atoms with Crippen molar-refractivity contribution >= 4 is 39.3 Å². The molecule has 0 radical (unpaired) electrons. The maximum Gasteiger partial charge on any atom is 0.410 e. The highest BCUT2D eigenvalue weighted by atomic mass is 79.9. The molecule has 1 aliphatic rings. The summed E-state index contributed by atoms with van der Waals surface area (Å²) in [7, 11) is 0. The van der Waals surface area contributed by atoms with E-state index in [2.05, 4.69) is 15.9 Å². The fourth-order valence-corrected chi connectivity index (χ4v) is 2.81. The van der Waals surface area contributed by atoms with E-state index in [-0.39, 0.29) is 31.0 Å². The van der Waals surface area contributed by atoms with Crippen LogP contribution in [0.25, 0.3) is 0 Å². The number of halogens is 1. The SMILES string of the molecule is CC(C)(C)OC(=O)N1CCN(c2cccc(Br)c2[N+](=O)[O-])C(=O)C1. The summed E-state index contributed by atoms with van der Waals surface area (Å²) in [5.74, 6) is -0.395. The number of carbonyl (C=O) groups excluding carboxylic acids is 2. The van der Waals surface area contributed by atoms with Crippen LogP contribution in [-0.2, 0) is 9.53 Å². The summed E-state index contributed by atoms with van der Waals surface area (Å²) in [4.78, 5) is 37.8. The average Bonchev–Trinajstić information content (AvgIpc) is 2.44. The maximum atomic E-state index is 12.4. The van der Waals surface area contributed by atoms with Crippen molar-refractivity contribution in [2.24, 2.45) is 0 Å². The molecule has 1 heterocycles. The summed E-state index contributed by atoms with van der Waals surface area (Å²) in [6.07, 6.45) is -0.570. The molecule has 0 N–H and O–H groups in total. The lowest BCUT2D eigenvalue weighted by Crippen LogP contribution is -2.53. The highest BCUT2D eigenvalue weighted by Crippen LogP contribution is 2.35. The molecule has 1 saturated heterocycles. The van der Waals surface area contributed by atoms with Gasteiger partial charge in [-0.05, 0) is 48.8 Å². The van der Waals surface area contributed by atoms with Crippen molar-refractivity contribution in [3.63, 3.8) is 0 Å². The molecule has 9 heteroatoms. The number of nitro benzene ring substituents is 1. The Bertz CT molecular complexity index is 686. The van der Waals surface area contributed by atoms with E-state index in [4.69, 9.17) is 4.74 Å². The van der Waals surface area contributed by atoms with E-state index in [0.29, 0.717) is 4.47 Å². The number of anilines is 1. The summed E-state index contributed by atoms with van der Waals surface area (Å²) < 4.78 is 5.55. The van der Waals surface area contributed by atoms with Gasteiger partial charge in [0.15, 0.2) is 0 Å². The van der Waals surface area contributed by atoms with Crippen LogP contribution < -0.4 is 4.90 Å². The fourth-order valence-electron chi connectivity index (χ4n) is 2.31. The third kappa shape index (κ3) is 4.02. The zero-order valence-electron chi connectivity index (χ0n) is 13.6. The Balaban J connectivity index is 2.18. The van der Waals surface area contributed by atoms with Gasteiger partial charge in [0.25, 0.3) is 0 Å². The molecule has 24 heavy (non-hydrogen) atoms. The smallest absolute Gasteiger partial charge is 0.410 e. The molecular weight excluding hydrogens is 382 g/mol. The van der Waals surface area contributed by atoms with E-state index in [9.17, 15) is 19.7 Å². The molecule has 130 valence electrons. The highest BCUT2D eigenvalue weighted by Gasteiger charge is 2.34. The van der Waals surface area contributed by atoms with Gasteiger partial charge in [0.2, 0.25) is 5.91 Å². The Kier molecular flexibility index (Phi) is 5.12. The second-order valence-electron chi connectivity index (χ2n) is 6.31. The van der Waals surface area contributed by atoms with Crippen LogP contribution in [0, 0.1) is 10.1 Å². The van der Waals surface area contributed by atoms with E-state index in [1.54, 1.807) is 32.9 Å². The molecule has 0 bridgehead atoms. The Morgan fingerprint density at radius 3 is 2.54 bits per heavy atom. The first-order valence-corrected chi connectivity index (χ1v) is 8.10. The predicted molar refractivity (Wildman–Crippen MR) is 91.0 cm³/mol. The van der Waals surface area contributed by atoms with Crippen LogP contribution >= 0.6 is 15.9 Å². The normalized spacial score (nSPS) is 15.4. The molecule has 2 amide bonds. The molecular formula is C15H18BrN3O5. The number of nitrogens with zero attached hydrogens (tertiary/aromatic N) is 3. The Morgan fingerprint density at radius 1 is 1.33 bits per heavy atom. The Hall–Kier alpha value is -2.16. The molecule has 1 aromatic carbocycles. The van der Waals surface area contributed by atoms with Gasteiger partial charge in [-0.1, -0.05) is 6.07 Å². The molecule has 0 aromatic heterocycles. The van der Waals surface area contributed by atoms with Gasteiger partial charge >= 0.3 is 11.8 Å². The minimum Gasteiger partial charge on any atom is -0.444 e. The standard InChI is InChI=1S/C15H18BrN3O5/c1-15(2,3)24-14(21)17-7-8-18(12(20)9-17)11-6-4-5-10(16)13(11)19(22)23/h4-6H,7-9H2,1-3H3. The summed E-state index contributed by atoms with van der Waals surface area (Å²) in [6.45, 7) is 5.45. The third-order valence-electron chi connectivity index (χ3n) is 3.31. The van der Waals surface area contributed by atoms with Crippen molar-refractivity contribution in [2.75, 3.05) is 24.5 Å². The molecule has 1 aliphatic heterocycles. The number of hydrogen-bond acceptors (Lipinski definition) is 5. The fraction of sp³-hybridized carbons (Fsp3) is 0.467.